The molecule has 1 N–H and O–H groups in total. The van der Waals surface area contributed by atoms with Crippen LogP contribution >= 0.6 is 15.9 Å². The van der Waals surface area contributed by atoms with E-state index in [1.807, 2.05) is 36.2 Å². The Balaban J connectivity index is 2.03. The molecule has 19 heavy (non-hydrogen) atoms. The molecule has 104 valence electrons. The summed E-state index contributed by atoms with van der Waals surface area (Å²) >= 11 is 3.45. The second-order valence-corrected chi connectivity index (χ2v) is 5.82. The third kappa shape index (κ3) is 3.55. The zero-order valence-corrected chi connectivity index (χ0v) is 13.0. The van der Waals surface area contributed by atoms with Gasteiger partial charge in [0.05, 0.1) is 6.54 Å². The van der Waals surface area contributed by atoms with Gasteiger partial charge in [-0.05, 0) is 32.2 Å². The SMILES string of the molecule is CNCC(C)N1CCN(c2cccc(Br)c2)C(=O)C1. The molecule has 1 heterocycles. The molecule has 1 aliphatic heterocycles. The van der Waals surface area contributed by atoms with Gasteiger partial charge in [0.25, 0.3) is 0 Å². The summed E-state index contributed by atoms with van der Waals surface area (Å²) in [6.07, 6.45) is 0. The number of piperazine rings is 1. The monoisotopic (exact) mass is 325 g/mol. The topological polar surface area (TPSA) is 35.6 Å². The lowest BCUT2D eigenvalue weighted by atomic mass is 10.2. The van der Waals surface area contributed by atoms with Crippen LogP contribution in [0.3, 0.4) is 0 Å². The van der Waals surface area contributed by atoms with Gasteiger partial charge in [0.1, 0.15) is 0 Å². The van der Waals surface area contributed by atoms with Crippen LogP contribution in [0, 0.1) is 0 Å². The van der Waals surface area contributed by atoms with E-state index in [-0.39, 0.29) is 5.91 Å². The van der Waals surface area contributed by atoms with E-state index in [1.54, 1.807) is 0 Å². The first-order valence-electron chi connectivity index (χ1n) is 6.56. The highest BCUT2D eigenvalue weighted by atomic mass is 79.9. The van der Waals surface area contributed by atoms with Gasteiger partial charge < -0.3 is 10.2 Å². The molecule has 1 unspecified atom stereocenters. The first-order chi connectivity index (χ1) is 9.11. The van der Waals surface area contributed by atoms with Crippen molar-refractivity contribution in [2.75, 3.05) is 38.1 Å². The van der Waals surface area contributed by atoms with Gasteiger partial charge in [0.2, 0.25) is 5.91 Å². The number of carbonyl (C=O) groups excluding carboxylic acids is 1. The van der Waals surface area contributed by atoms with Crippen molar-refractivity contribution in [1.82, 2.24) is 10.2 Å². The van der Waals surface area contributed by atoms with Crippen molar-refractivity contribution in [3.8, 4) is 0 Å². The lowest BCUT2D eigenvalue weighted by Gasteiger charge is -2.37. The summed E-state index contributed by atoms with van der Waals surface area (Å²) in [4.78, 5) is 16.4. The van der Waals surface area contributed by atoms with Gasteiger partial charge >= 0.3 is 0 Å². The minimum Gasteiger partial charge on any atom is -0.318 e. The fourth-order valence-electron chi connectivity index (χ4n) is 2.41. The molecule has 1 fully saturated rings. The molecule has 0 saturated carbocycles. The fraction of sp³-hybridized carbons (Fsp3) is 0.500. The number of nitrogens with one attached hydrogen (secondary N) is 1. The summed E-state index contributed by atoms with van der Waals surface area (Å²) in [5.74, 6) is 0.173. The minimum absolute atomic E-state index is 0.173. The third-order valence-electron chi connectivity index (χ3n) is 3.49. The molecule has 1 atom stereocenters. The van der Waals surface area contributed by atoms with Crippen LogP contribution in [0.4, 0.5) is 5.69 Å². The lowest BCUT2D eigenvalue weighted by Crippen LogP contribution is -2.54. The third-order valence-corrected chi connectivity index (χ3v) is 3.99. The first kappa shape index (κ1) is 14.5. The van der Waals surface area contributed by atoms with E-state index in [0.717, 1.165) is 29.8 Å². The van der Waals surface area contributed by atoms with Crippen LogP contribution in [0.1, 0.15) is 6.92 Å². The number of carbonyl (C=O) groups is 1. The molecular formula is C14H20BrN3O. The summed E-state index contributed by atoms with van der Waals surface area (Å²) in [5, 5.41) is 3.16. The van der Waals surface area contributed by atoms with Crippen molar-refractivity contribution in [3.63, 3.8) is 0 Å². The van der Waals surface area contributed by atoms with E-state index in [2.05, 4.69) is 33.1 Å². The van der Waals surface area contributed by atoms with E-state index in [0.29, 0.717) is 12.6 Å². The smallest absolute Gasteiger partial charge is 0.241 e. The van der Waals surface area contributed by atoms with Gasteiger partial charge in [0.15, 0.2) is 0 Å². The average Bonchev–Trinajstić information content (AvgIpc) is 2.38. The van der Waals surface area contributed by atoms with E-state index in [4.69, 9.17) is 0 Å². The van der Waals surface area contributed by atoms with E-state index < -0.39 is 0 Å². The standard InChI is InChI=1S/C14H20BrN3O/c1-11(9-16-2)17-6-7-18(14(19)10-17)13-5-3-4-12(15)8-13/h3-5,8,11,16H,6-7,9-10H2,1-2H3. The maximum atomic E-state index is 12.3. The number of hydrogen-bond donors (Lipinski definition) is 1. The summed E-state index contributed by atoms with van der Waals surface area (Å²) in [5.41, 5.74) is 0.972. The van der Waals surface area contributed by atoms with Crippen LogP contribution in [0.2, 0.25) is 0 Å². The predicted molar refractivity (Wildman–Crippen MR) is 81.5 cm³/mol. The fourth-order valence-corrected chi connectivity index (χ4v) is 2.80. The predicted octanol–water partition coefficient (Wildman–Crippen LogP) is 1.71. The summed E-state index contributed by atoms with van der Waals surface area (Å²) < 4.78 is 1.00. The van der Waals surface area contributed by atoms with Crippen molar-refractivity contribution in [3.05, 3.63) is 28.7 Å². The van der Waals surface area contributed by atoms with Crippen molar-refractivity contribution < 1.29 is 4.79 Å². The zero-order valence-electron chi connectivity index (χ0n) is 11.4. The molecule has 1 aromatic rings. The zero-order chi connectivity index (χ0) is 13.8. The van der Waals surface area contributed by atoms with E-state index >= 15 is 0 Å². The Morgan fingerprint density at radius 2 is 2.21 bits per heavy atom. The number of nitrogens with zero attached hydrogens (tertiary/aromatic N) is 2. The average molecular weight is 326 g/mol. The summed E-state index contributed by atoms with van der Waals surface area (Å²) in [6, 6.07) is 8.29. The van der Waals surface area contributed by atoms with Crippen LogP contribution in [0.15, 0.2) is 28.7 Å². The molecule has 0 bridgehead atoms. The molecule has 4 nitrogen and oxygen atoms in total. The van der Waals surface area contributed by atoms with Gasteiger partial charge in [-0.3, -0.25) is 9.69 Å². The first-order valence-corrected chi connectivity index (χ1v) is 7.35. The summed E-state index contributed by atoms with van der Waals surface area (Å²) in [6.45, 7) is 5.22. The van der Waals surface area contributed by atoms with Crippen LogP contribution in [-0.2, 0) is 4.79 Å². The van der Waals surface area contributed by atoms with Crippen LogP contribution in [0.5, 0.6) is 0 Å². The molecule has 0 aliphatic carbocycles. The van der Waals surface area contributed by atoms with Crippen molar-refractivity contribution in [2.24, 2.45) is 0 Å². The molecule has 1 aromatic carbocycles. The molecule has 0 spiro atoms. The van der Waals surface area contributed by atoms with Crippen LogP contribution in [0.25, 0.3) is 0 Å². The lowest BCUT2D eigenvalue weighted by molar-refractivity contribution is -0.121. The highest BCUT2D eigenvalue weighted by molar-refractivity contribution is 9.10. The quantitative estimate of drug-likeness (QED) is 0.915. The van der Waals surface area contributed by atoms with Crippen LogP contribution < -0.4 is 10.2 Å². The Bertz CT molecular complexity index is 452. The van der Waals surface area contributed by atoms with Crippen LogP contribution in [-0.4, -0.2) is 50.1 Å². The second kappa shape index (κ2) is 6.50. The highest BCUT2D eigenvalue weighted by Crippen LogP contribution is 2.22. The number of rotatable bonds is 4. The Morgan fingerprint density at radius 3 is 2.84 bits per heavy atom. The maximum absolute atomic E-state index is 12.3. The van der Waals surface area contributed by atoms with E-state index in [9.17, 15) is 4.79 Å². The van der Waals surface area contributed by atoms with Crippen molar-refractivity contribution in [1.29, 1.82) is 0 Å². The van der Waals surface area contributed by atoms with Gasteiger partial charge in [-0.2, -0.15) is 0 Å². The number of benzene rings is 1. The molecule has 5 heteroatoms. The normalized spacial score (nSPS) is 18.7. The van der Waals surface area contributed by atoms with Gasteiger partial charge in [-0.15, -0.1) is 0 Å². The Hall–Kier alpha value is -0.910. The largest absolute Gasteiger partial charge is 0.318 e. The molecule has 1 amide bonds. The van der Waals surface area contributed by atoms with Gasteiger partial charge in [-0.25, -0.2) is 0 Å². The van der Waals surface area contributed by atoms with Gasteiger partial charge in [0, 0.05) is 35.8 Å². The number of halogens is 1. The number of hydrogen-bond acceptors (Lipinski definition) is 3. The molecule has 1 aliphatic rings. The number of amides is 1. The molecule has 0 aromatic heterocycles. The maximum Gasteiger partial charge on any atom is 0.241 e. The Kier molecular flexibility index (Phi) is 4.96. The van der Waals surface area contributed by atoms with Gasteiger partial charge in [-0.1, -0.05) is 22.0 Å². The Labute approximate surface area is 122 Å². The number of likely N-dealkylation sites (N-methyl/N-ethyl adjacent to an activating group) is 1. The molecular weight excluding hydrogens is 306 g/mol. The van der Waals surface area contributed by atoms with E-state index in [1.165, 1.54) is 0 Å². The molecule has 1 saturated heterocycles. The molecule has 2 rings (SSSR count). The Morgan fingerprint density at radius 1 is 1.42 bits per heavy atom. The summed E-state index contributed by atoms with van der Waals surface area (Å²) in [7, 11) is 1.94. The number of anilines is 1. The van der Waals surface area contributed by atoms with Crippen molar-refractivity contribution in [2.45, 2.75) is 13.0 Å². The second-order valence-electron chi connectivity index (χ2n) is 4.90. The molecule has 0 radical (unpaired) electrons. The highest BCUT2D eigenvalue weighted by Gasteiger charge is 2.27. The van der Waals surface area contributed by atoms with Crippen molar-refractivity contribution >= 4 is 27.5 Å². The minimum atomic E-state index is 0.173.